The van der Waals surface area contributed by atoms with E-state index in [9.17, 15) is 4.79 Å². The van der Waals surface area contributed by atoms with Crippen molar-refractivity contribution in [2.75, 3.05) is 33.5 Å². The number of allylic oxidation sites excluding steroid dienone is 1. The first kappa shape index (κ1) is 22.8. The minimum atomic E-state index is -0.864. The fourth-order valence-corrected chi connectivity index (χ4v) is 4.93. The van der Waals surface area contributed by atoms with Crippen LogP contribution in [0.4, 0.5) is 0 Å². The molecule has 1 saturated heterocycles. The molecule has 3 rings (SSSR count). The molecule has 30 heavy (non-hydrogen) atoms. The molecule has 3 atom stereocenters. The van der Waals surface area contributed by atoms with Crippen LogP contribution in [0.1, 0.15) is 38.7 Å². The van der Waals surface area contributed by atoms with Gasteiger partial charge in [-0.3, -0.25) is 4.79 Å². The van der Waals surface area contributed by atoms with Crippen LogP contribution in [0.25, 0.3) is 0 Å². The van der Waals surface area contributed by atoms with Crippen molar-refractivity contribution in [2.45, 2.75) is 45.5 Å². The second-order valence-corrected chi connectivity index (χ2v) is 8.21. The molecule has 1 aliphatic carbocycles. The van der Waals surface area contributed by atoms with Gasteiger partial charge in [-0.1, -0.05) is 18.2 Å². The van der Waals surface area contributed by atoms with E-state index in [1.54, 1.807) is 7.11 Å². The lowest BCUT2D eigenvalue weighted by Crippen LogP contribution is -2.51. The fourth-order valence-electron chi connectivity index (χ4n) is 4.93. The molecular weight excluding hydrogens is 384 g/mol. The van der Waals surface area contributed by atoms with Crippen LogP contribution in [0.5, 0.6) is 5.75 Å². The molecule has 0 bridgehead atoms. The van der Waals surface area contributed by atoms with Gasteiger partial charge < -0.3 is 23.7 Å². The van der Waals surface area contributed by atoms with E-state index in [-0.39, 0.29) is 17.8 Å². The van der Waals surface area contributed by atoms with E-state index in [1.165, 1.54) is 0 Å². The molecule has 0 spiro atoms. The Balaban J connectivity index is 1.70. The Morgan fingerprint density at radius 2 is 1.97 bits per heavy atom. The standard InChI is InChI=1S/C24H34O6/c1-5-19-11-12-23(3,22(25)28-6-2)21(19)24(29-15-16-30-24)13-14-27-17-18-7-9-20(26-4)10-8-18/h5,7-10,19,21H,1,6,11-17H2,2-4H3/t19-,21+,23+/m1/s1. The Bertz CT molecular complexity index is 709. The number of hydrogen-bond donors (Lipinski definition) is 0. The van der Waals surface area contributed by atoms with Crippen molar-refractivity contribution in [1.82, 2.24) is 0 Å². The van der Waals surface area contributed by atoms with Crippen LogP contribution in [-0.2, 0) is 30.3 Å². The van der Waals surface area contributed by atoms with Gasteiger partial charge >= 0.3 is 5.97 Å². The van der Waals surface area contributed by atoms with Crippen LogP contribution in [-0.4, -0.2) is 45.3 Å². The predicted molar refractivity (Wildman–Crippen MR) is 113 cm³/mol. The second-order valence-electron chi connectivity index (χ2n) is 8.21. The topological polar surface area (TPSA) is 63.2 Å². The normalized spacial score (nSPS) is 27.7. The van der Waals surface area contributed by atoms with Gasteiger partial charge in [0.05, 0.1) is 45.6 Å². The van der Waals surface area contributed by atoms with Crippen LogP contribution in [0.2, 0.25) is 0 Å². The zero-order valence-electron chi connectivity index (χ0n) is 18.4. The summed E-state index contributed by atoms with van der Waals surface area (Å²) in [5.74, 6) is -0.262. The van der Waals surface area contributed by atoms with Crippen molar-refractivity contribution < 1.29 is 28.5 Å². The number of methoxy groups -OCH3 is 1. The summed E-state index contributed by atoms with van der Waals surface area (Å²) in [6.45, 7) is 10.2. The van der Waals surface area contributed by atoms with Gasteiger partial charge in [0.1, 0.15) is 5.75 Å². The highest BCUT2D eigenvalue weighted by Gasteiger charge is 2.61. The zero-order chi connectivity index (χ0) is 21.6. The molecule has 0 unspecified atom stereocenters. The summed E-state index contributed by atoms with van der Waals surface area (Å²) >= 11 is 0. The zero-order valence-corrected chi connectivity index (χ0v) is 18.4. The molecule has 1 aromatic rings. The molecule has 2 aliphatic rings. The molecule has 1 heterocycles. The van der Waals surface area contributed by atoms with E-state index in [2.05, 4.69) is 6.58 Å². The first-order valence-corrected chi connectivity index (χ1v) is 10.8. The Hall–Kier alpha value is -1.89. The maximum atomic E-state index is 12.9. The molecule has 1 aromatic carbocycles. The summed E-state index contributed by atoms with van der Waals surface area (Å²) in [7, 11) is 1.65. The molecule has 1 saturated carbocycles. The van der Waals surface area contributed by atoms with Gasteiger partial charge in [0, 0.05) is 12.3 Å². The minimum Gasteiger partial charge on any atom is -0.497 e. The molecular formula is C24H34O6. The quantitative estimate of drug-likeness (QED) is 0.323. The molecule has 2 fully saturated rings. The first-order chi connectivity index (χ1) is 14.5. The Morgan fingerprint density at radius 1 is 1.27 bits per heavy atom. The van der Waals surface area contributed by atoms with E-state index in [0.717, 1.165) is 24.2 Å². The number of carbonyl (C=O) groups is 1. The summed E-state index contributed by atoms with van der Waals surface area (Å²) in [4.78, 5) is 12.9. The number of ether oxygens (including phenoxy) is 5. The van der Waals surface area contributed by atoms with Gasteiger partial charge in [0.25, 0.3) is 0 Å². The summed E-state index contributed by atoms with van der Waals surface area (Å²) in [5, 5.41) is 0. The number of rotatable bonds is 10. The SMILES string of the molecule is C=C[C@@H]1CC[C@](C)(C(=O)OCC)[C@H]1C1(CCOCc2ccc(OC)cc2)OCCO1. The number of esters is 1. The lowest BCUT2D eigenvalue weighted by molar-refractivity contribution is -0.235. The van der Waals surface area contributed by atoms with Gasteiger partial charge in [-0.05, 0) is 50.3 Å². The molecule has 166 valence electrons. The Morgan fingerprint density at radius 3 is 2.57 bits per heavy atom. The van der Waals surface area contributed by atoms with Crippen LogP contribution in [0.3, 0.4) is 0 Å². The molecule has 0 radical (unpaired) electrons. The van der Waals surface area contributed by atoms with Crippen molar-refractivity contribution in [3.05, 3.63) is 42.5 Å². The maximum absolute atomic E-state index is 12.9. The second kappa shape index (κ2) is 9.94. The third kappa shape index (κ3) is 4.56. The van der Waals surface area contributed by atoms with Crippen molar-refractivity contribution in [2.24, 2.45) is 17.3 Å². The number of hydrogen-bond acceptors (Lipinski definition) is 6. The van der Waals surface area contributed by atoms with Crippen LogP contribution in [0, 0.1) is 17.3 Å². The Kier molecular flexibility index (Phi) is 7.55. The average Bonchev–Trinajstić information content (AvgIpc) is 3.37. The van der Waals surface area contributed by atoms with E-state index in [0.29, 0.717) is 39.5 Å². The summed E-state index contributed by atoms with van der Waals surface area (Å²) in [6, 6.07) is 7.81. The smallest absolute Gasteiger partial charge is 0.312 e. The van der Waals surface area contributed by atoms with Crippen molar-refractivity contribution in [3.63, 3.8) is 0 Å². The van der Waals surface area contributed by atoms with E-state index in [1.807, 2.05) is 44.2 Å². The van der Waals surface area contributed by atoms with Crippen LogP contribution >= 0.6 is 0 Å². The van der Waals surface area contributed by atoms with Gasteiger partial charge in [-0.2, -0.15) is 0 Å². The summed E-state index contributed by atoms with van der Waals surface area (Å²) < 4.78 is 28.9. The maximum Gasteiger partial charge on any atom is 0.312 e. The molecule has 0 amide bonds. The lowest BCUT2D eigenvalue weighted by Gasteiger charge is -2.43. The summed E-state index contributed by atoms with van der Waals surface area (Å²) in [6.07, 6.45) is 4.08. The predicted octanol–water partition coefficient (Wildman–Crippen LogP) is 4.13. The first-order valence-electron chi connectivity index (χ1n) is 10.8. The van der Waals surface area contributed by atoms with E-state index < -0.39 is 11.2 Å². The average molecular weight is 419 g/mol. The lowest BCUT2D eigenvalue weighted by atomic mass is 9.71. The van der Waals surface area contributed by atoms with Gasteiger partial charge in [-0.15, -0.1) is 6.58 Å². The summed E-state index contributed by atoms with van der Waals surface area (Å²) in [5.41, 5.74) is 0.397. The largest absolute Gasteiger partial charge is 0.497 e. The monoisotopic (exact) mass is 418 g/mol. The van der Waals surface area contributed by atoms with Gasteiger partial charge in [0.2, 0.25) is 0 Å². The third-order valence-corrected chi connectivity index (χ3v) is 6.43. The van der Waals surface area contributed by atoms with Crippen LogP contribution < -0.4 is 4.74 Å². The van der Waals surface area contributed by atoms with Crippen molar-refractivity contribution >= 4 is 5.97 Å². The molecule has 1 aliphatic heterocycles. The van der Waals surface area contributed by atoms with Crippen molar-refractivity contribution in [3.8, 4) is 5.75 Å². The number of benzene rings is 1. The Labute approximate surface area is 179 Å². The van der Waals surface area contributed by atoms with E-state index >= 15 is 0 Å². The molecule has 6 nitrogen and oxygen atoms in total. The van der Waals surface area contributed by atoms with Crippen molar-refractivity contribution in [1.29, 1.82) is 0 Å². The highest BCUT2D eigenvalue weighted by molar-refractivity contribution is 5.77. The van der Waals surface area contributed by atoms with Gasteiger partial charge in [-0.25, -0.2) is 0 Å². The highest BCUT2D eigenvalue weighted by Crippen LogP contribution is 2.56. The minimum absolute atomic E-state index is 0.124. The highest BCUT2D eigenvalue weighted by atomic mass is 16.7. The fraction of sp³-hybridized carbons (Fsp3) is 0.625. The van der Waals surface area contributed by atoms with Gasteiger partial charge in [0.15, 0.2) is 5.79 Å². The number of carbonyl (C=O) groups excluding carboxylic acids is 1. The van der Waals surface area contributed by atoms with Crippen LogP contribution in [0.15, 0.2) is 36.9 Å². The molecule has 0 aromatic heterocycles. The molecule has 0 N–H and O–H groups in total. The molecule has 6 heteroatoms. The van der Waals surface area contributed by atoms with E-state index in [4.69, 9.17) is 23.7 Å². The third-order valence-electron chi connectivity index (χ3n) is 6.43.